The molecule has 0 unspecified atom stereocenters. The van der Waals surface area contributed by atoms with Gasteiger partial charge in [-0.3, -0.25) is 4.79 Å². The Labute approximate surface area is 110 Å². The third kappa shape index (κ3) is 2.47. The van der Waals surface area contributed by atoms with E-state index in [0.717, 1.165) is 0 Å². The Balaban J connectivity index is 2.71. The molecule has 0 fully saturated rings. The van der Waals surface area contributed by atoms with Crippen molar-refractivity contribution in [2.45, 2.75) is 0 Å². The second kappa shape index (κ2) is 5.35. The maximum Gasteiger partial charge on any atom is 0.150 e. The molecule has 0 aliphatic heterocycles. The molecule has 96 valence electrons. The lowest BCUT2D eigenvalue weighted by atomic mass is 9.97. The number of rotatable bonds is 4. The van der Waals surface area contributed by atoms with E-state index < -0.39 is 5.97 Å². The van der Waals surface area contributed by atoms with E-state index in [2.05, 4.69) is 0 Å². The highest BCUT2D eigenvalue weighted by Gasteiger charge is 2.12. The third-order valence-corrected chi connectivity index (χ3v) is 2.78. The molecular weight excluding hydrogens is 244 g/mol. The Kier molecular flexibility index (Phi) is 3.61. The van der Waals surface area contributed by atoms with Crippen LogP contribution in [0.2, 0.25) is 0 Å². The highest BCUT2D eigenvalue weighted by atomic mass is 16.5. The summed E-state index contributed by atoms with van der Waals surface area (Å²) in [6.45, 7) is 0. The molecule has 0 N–H and O–H groups in total. The Bertz CT molecular complexity index is 632. The first-order chi connectivity index (χ1) is 9.17. The number of carbonyl (C=O) groups excluding carboxylic acids is 2. The van der Waals surface area contributed by atoms with Crippen LogP contribution in [-0.4, -0.2) is 19.4 Å². The van der Waals surface area contributed by atoms with Crippen LogP contribution in [-0.2, 0) is 0 Å². The van der Waals surface area contributed by atoms with Gasteiger partial charge in [0.1, 0.15) is 12.0 Å². The van der Waals surface area contributed by atoms with Gasteiger partial charge in [0.2, 0.25) is 0 Å². The first-order valence-electron chi connectivity index (χ1n) is 5.61. The van der Waals surface area contributed by atoms with Crippen LogP contribution >= 0.6 is 0 Å². The number of benzene rings is 2. The van der Waals surface area contributed by atoms with Crippen molar-refractivity contribution >= 4 is 12.3 Å². The van der Waals surface area contributed by atoms with Crippen molar-refractivity contribution in [2.24, 2.45) is 0 Å². The maximum absolute atomic E-state index is 11.2. The van der Waals surface area contributed by atoms with Gasteiger partial charge in [-0.25, -0.2) is 0 Å². The fraction of sp³-hybridized carbons (Fsp3) is 0.0667. The molecule has 0 amide bonds. The lowest BCUT2D eigenvalue weighted by Crippen LogP contribution is -2.23. The molecular formula is C15H11O4-. The molecule has 0 aromatic heterocycles. The lowest BCUT2D eigenvalue weighted by Gasteiger charge is -2.15. The summed E-state index contributed by atoms with van der Waals surface area (Å²) < 4.78 is 5.18. The molecule has 0 aliphatic carbocycles. The largest absolute Gasteiger partial charge is 0.545 e. The van der Waals surface area contributed by atoms with Gasteiger partial charge in [0.05, 0.1) is 13.1 Å². The fourth-order valence-electron chi connectivity index (χ4n) is 1.94. The van der Waals surface area contributed by atoms with Gasteiger partial charge in [-0.2, -0.15) is 0 Å². The predicted molar refractivity (Wildman–Crippen MR) is 68.1 cm³/mol. The van der Waals surface area contributed by atoms with Crippen LogP contribution in [0.4, 0.5) is 0 Å². The third-order valence-electron chi connectivity index (χ3n) is 2.78. The van der Waals surface area contributed by atoms with Gasteiger partial charge >= 0.3 is 0 Å². The fourth-order valence-corrected chi connectivity index (χ4v) is 1.94. The molecule has 19 heavy (non-hydrogen) atoms. The Morgan fingerprint density at radius 3 is 2.58 bits per heavy atom. The van der Waals surface area contributed by atoms with Crippen molar-refractivity contribution in [1.82, 2.24) is 0 Å². The van der Waals surface area contributed by atoms with Crippen molar-refractivity contribution in [2.75, 3.05) is 7.11 Å². The number of aromatic carboxylic acids is 1. The molecule has 0 atom stereocenters. The molecule has 0 aliphatic rings. The zero-order chi connectivity index (χ0) is 13.8. The van der Waals surface area contributed by atoms with Gasteiger partial charge in [-0.05, 0) is 17.7 Å². The number of hydrogen-bond donors (Lipinski definition) is 0. The van der Waals surface area contributed by atoms with E-state index in [9.17, 15) is 14.7 Å². The zero-order valence-electron chi connectivity index (χ0n) is 10.3. The van der Waals surface area contributed by atoms with Crippen LogP contribution in [0.5, 0.6) is 5.75 Å². The summed E-state index contributed by atoms with van der Waals surface area (Å²) in [6.07, 6.45) is 0.706. The van der Waals surface area contributed by atoms with Crippen molar-refractivity contribution in [3.63, 3.8) is 0 Å². The van der Waals surface area contributed by atoms with Gasteiger partial charge in [0.25, 0.3) is 0 Å². The number of carboxylic acids is 1. The second-order valence-electron chi connectivity index (χ2n) is 3.91. The van der Waals surface area contributed by atoms with E-state index in [4.69, 9.17) is 4.74 Å². The highest BCUT2D eigenvalue weighted by Crippen LogP contribution is 2.33. The lowest BCUT2D eigenvalue weighted by molar-refractivity contribution is -0.254. The molecule has 0 spiro atoms. The molecule has 0 radical (unpaired) electrons. The average Bonchev–Trinajstić information content (AvgIpc) is 2.46. The Hall–Kier alpha value is -2.62. The summed E-state index contributed by atoms with van der Waals surface area (Å²) in [5.41, 5.74) is 1.50. The maximum atomic E-state index is 11.2. The quantitative estimate of drug-likeness (QED) is 0.777. The minimum atomic E-state index is -1.29. The van der Waals surface area contributed by atoms with Crippen molar-refractivity contribution in [1.29, 1.82) is 0 Å². The molecule has 4 nitrogen and oxygen atoms in total. The summed E-state index contributed by atoms with van der Waals surface area (Å²) in [5.74, 6) is -0.866. The summed E-state index contributed by atoms with van der Waals surface area (Å²) in [7, 11) is 1.46. The minimum absolute atomic E-state index is 0.0300. The van der Waals surface area contributed by atoms with Crippen molar-refractivity contribution in [3.8, 4) is 16.9 Å². The van der Waals surface area contributed by atoms with Gasteiger partial charge in [0, 0.05) is 16.7 Å². The standard InChI is InChI=1S/C15H12O4/c1-19-13-7-3-6-12(15(17)18)14(13)11-5-2-4-10(8-11)9-16/h2-9H,1H3,(H,17,18)/p-1. The first kappa shape index (κ1) is 12.8. The van der Waals surface area contributed by atoms with Crippen LogP contribution in [0.3, 0.4) is 0 Å². The van der Waals surface area contributed by atoms with Crippen LogP contribution in [0.1, 0.15) is 20.7 Å². The number of hydrogen-bond acceptors (Lipinski definition) is 4. The summed E-state index contributed by atoms with van der Waals surface area (Å²) in [4.78, 5) is 22.0. The SMILES string of the molecule is COc1cccc(C(=O)[O-])c1-c1cccc(C=O)c1. The zero-order valence-corrected chi connectivity index (χ0v) is 10.3. The first-order valence-corrected chi connectivity index (χ1v) is 5.61. The van der Waals surface area contributed by atoms with Gasteiger partial charge in [0.15, 0.2) is 0 Å². The molecule has 0 heterocycles. The average molecular weight is 255 g/mol. The van der Waals surface area contributed by atoms with Crippen molar-refractivity contribution < 1.29 is 19.4 Å². The molecule has 2 aromatic rings. The Morgan fingerprint density at radius 2 is 1.95 bits per heavy atom. The Morgan fingerprint density at radius 1 is 1.21 bits per heavy atom. The van der Waals surface area contributed by atoms with E-state index in [1.165, 1.54) is 13.2 Å². The van der Waals surface area contributed by atoms with Gasteiger partial charge in [-0.1, -0.05) is 30.3 Å². The number of carbonyl (C=O) groups is 2. The molecule has 2 aromatic carbocycles. The smallest absolute Gasteiger partial charge is 0.150 e. The van der Waals surface area contributed by atoms with Gasteiger partial charge in [-0.15, -0.1) is 0 Å². The highest BCUT2D eigenvalue weighted by molar-refractivity contribution is 5.97. The molecule has 4 heteroatoms. The van der Waals surface area contributed by atoms with E-state index in [0.29, 0.717) is 28.7 Å². The summed E-state index contributed by atoms with van der Waals surface area (Å²) in [6, 6.07) is 11.3. The normalized spacial score (nSPS) is 9.95. The van der Waals surface area contributed by atoms with E-state index in [1.807, 2.05) is 0 Å². The monoisotopic (exact) mass is 255 g/mol. The van der Waals surface area contributed by atoms with E-state index >= 15 is 0 Å². The number of ether oxygens (including phenoxy) is 1. The molecule has 2 rings (SSSR count). The predicted octanol–water partition coefficient (Wildman–Crippen LogP) is 1.54. The number of aldehydes is 1. The topological polar surface area (TPSA) is 66.4 Å². The van der Waals surface area contributed by atoms with Crippen molar-refractivity contribution in [3.05, 3.63) is 53.6 Å². The van der Waals surface area contributed by atoms with Crippen LogP contribution in [0.15, 0.2) is 42.5 Å². The van der Waals surface area contributed by atoms with Crippen LogP contribution in [0.25, 0.3) is 11.1 Å². The van der Waals surface area contributed by atoms with Gasteiger partial charge < -0.3 is 14.6 Å². The van der Waals surface area contributed by atoms with Crippen LogP contribution < -0.4 is 9.84 Å². The molecule has 0 bridgehead atoms. The molecule has 0 saturated heterocycles. The van der Waals surface area contributed by atoms with Crippen LogP contribution in [0, 0.1) is 0 Å². The molecule has 0 saturated carbocycles. The van der Waals surface area contributed by atoms with E-state index in [-0.39, 0.29) is 5.56 Å². The minimum Gasteiger partial charge on any atom is -0.545 e. The number of methoxy groups -OCH3 is 1. The van der Waals surface area contributed by atoms with E-state index in [1.54, 1.807) is 36.4 Å². The number of carboxylic acid groups (broad SMARTS) is 1. The summed E-state index contributed by atoms with van der Waals surface area (Å²) in [5, 5.41) is 11.2. The second-order valence-corrected chi connectivity index (χ2v) is 3.91. The summed E-state index contributed by atoms with van der Waals surface area (Å²) >= 11 is 0.